The first kappa shape index (κ1) is 11.3. The second kappa shape index (κ2) is 5.86. The molecular weight excluding hydrogens is 174 g/mol. The van der Waals surface area contributed by atoms with Crippen LogP contribution in [0.25, 0.3) is 0 Å². The molecule has 0 saturated heterocycles. The third-order valence-corrected chi connectivity index (χ3v) is 2.52. The van der Waals surface area contributed by atoms with Crippen LogP contribution >= 0.6 is 0 Å². The molecule has 0 aromatic heterocycles. The molecule has 1 aliphatic rings. The van der Waals surface area contributed by atoms with Crippen molar-refractivity contribution >= 4 is 0 Å². The minimum atomic E-state index is 0.237. The predicted octanol–water partition coefficient (Wildman–Crippen LogP) is 2.17. The number of aliphatic hydroxyl groups excluding tert-OH is 1. The number of hydrogen-bond donors (Lipinski definition) is 1. The average Bonchev–Trinajstić information content (AvgIpc) is 2.19. The highest BCUT2D eigenvalue weighted by Gasteiger charge is 2.09. The van der Waals surface area contributed by atoms with Gasteiger partial charge in [-0.2, -0.15) is 0 Å². The molecule has 1 rings (SSSR count). The molecule has 0 radical (unpaired) electrons. The highest BCUT2D eigenvalue weighted by Crippen LogP contribution is 2.18. The highest BCUT2D eigenvalue weighted by atomic mass is 16.3. The van der Waals surface area contributed by atoms with Crippen molar-refractivity contribution in [2.75, 3.05) is 19.7 Å². The Morgan fingerprint density at radius 3 is 2.79 bits per heavy atom. The van der Waals surface area contributed by atoms with E-state index in [-0.39, 0.29) is 6.61 Å². The molecular formula is C12H21NO. The van der Waals surface area contributed by atoms with Crippen molar-refractivity contribution < 1.29 is 5.11 Å². The van der Waals surface area contributed by atoms with E-state index in [1.54, 1.807) is 0 Å². The van der Waals surface area contributed by atoms with E-state index in [1.165, 1.54) is 5.70 Å². The van der Waals surface area contributed by atoms with Crippen LogP contribution in [-0.4, -0.2) is 29.7 Å². The highest BCUT2D eigenvalue weighted by molar-refractivity contribution is 5.22. The van der Waals surface area contributed by atoms with E-state index in [0.717, 1.165) is 25.9 Å². The first-order valence-electron chi connectivity index (χ1n) is 5.52. The van der Waals surface area contributed by atoms with Gasteiger partial charge < -0.3 is 10.0 Å². The third kappa shape index (κ3) is 3.18. The van der Waals surface area contributed by atoms with Gasteiger partial charge in [0.2, 0.25) is 0 Å². The fourth-order valence-electron chi connectivity index (χ4n) is 1.71. The summed E-state index contributed by atoms with van der Waals surface area (Å²) in [6, 6.07) is 0. The van der Waals surface area contributed by atoms with Crippen molar-refractivity contribution in [2.24, 2.45) is 5.92 Å². The van der Waals surface area contributed by atoms with Crippen LogP contribution in [0.2, 0.25) is 0 Å². The maximum Gasteiger partial charge on any atom is 0.0606 e. The zero-order chi connectivity index (χ0) is 10.4. The molecule has 0 aromatic rings. The molecule has 2 heteroatoms. The van der Waals surface area contributed by atoms with E-state index in [0.29, 0.717) is 5.92 Å². The molecule has 0 saturated carbocycles. The van der Waals surface area contributed by atoms with Crippen LogP contribution in [-0.2, 0) is 0 Å². The van der Waals surface area contributed by atoms with Crippen molar-refractivity contribution in [1.82, 2.24) is 4.90 Å². The number of aliphatic hydroxyl groups is 1. The van der Waals surface area contributed by atoms with E-state index in [4.69, 9.17) is 5.11 Å². The van der Waals surface area contributed by atoms with Gasteiger partial charge in [0.15, 0.2) is 0 Å². The predicted molar refractivity (Wildman–Crippen MR) is 60.0 cm³/mol. The van der Waals surface area contributed by atoms with E-state index in [1.807, 2.05) is 0 Å². The molecule has 0 bridgehead atoms. The second-order valence-electron chi connectivity index (χ2n) is 3.91. The summed E-state index contributed by atoms with van der Waals surface area (Å²) in [6.07, 6.45) is 8.95. The van der Waals surface area contributed by atoms with E-state index < -0.39 is 0 Å². The fraction of sp³-hybridized carbons (Fsp3) is 0.667. The molecule has 80 valence electrons. The molecule has 2 nitrogen and oxygen atoms in total. The zero-order valence-electron chi connectivity index (χ0n) is 9.24. The Morgan fingerprint density at radius 2 is 2.29 bits per heavy atom. The summed E-state index contributed by atoms with van der Waals surface area (Å²) in [5, 5.41) is 8.95. The van der Waals surface area contributed by atoms with Crippen LogP contribution < -0.4 is 0 Å². The molecule has 0 spiro atoms. The Hall–Kier alpha value is -0.760. The lowest BCUT2D eigenvalue weighted by atomic mass is 10.0. The van der Waals surface area contributed by atoms with Crippen LogP contribution in [0, 0.1) is 5.92 Å². The Morgan fingerprint density at radius 1 is 1.50 bits per heavy atom. The summed E-state index contributed by atoms with van der Waals surface area (Å²) in [5.41, 5.74) is 1.28. The molecule has 0 aromatic carbocycles. The van der Waals surface area contributed by atoms with E-state index in [9.17, 15) is 0 Å². The lowest BCUT2D eigenvalue weighted by molar-refractivity contribution is 0.229. The van der Waals surface area contributed by atoms with Gasteiger partial charge in [0, 0.05) is 18.8 Å². The van der Waals surface area contributed by atoms with Gasteiger partial charge >= 0.3 is 0 Å². The summed E-state index contributed by atoms with van der Waals surface area (Å²) < 4.78 is 0. The minimum absolute atomic E-state index is 0.237. The van der Waals surface area contributed by atoms with Gasteiger partial charge in [-0.1, -0.05) is 26.0 Å². The Balaban J connectivity index is 2.55. The van der Waals surface area contributed by atoms with Gasteiger partial charge in [-0.25, -0.2) is 0 Å². The summed E-state index contributed by atoms with van der Waals surface area (Å²) in [6.45, 7) is 6.41. The molecule has 1 N–H and O–H groups in total. The van der Waals surface area contributed by atoms with E-state index >= 15 is 0 Å². The molecule has 1 unspecified atom stereocenters. The molecule has 0 heterocycles. The SMILES string of the molecule is CCCN(CCO)C1=CCC(C)C=C1. The Kier molecular flexibility index (Phi) is 4.74. The zero-order valence-corrected chi connectivity index (χ0v) is 9.24. The maximum atomic E-state index is 8.95. The molecule has 0 fully saturated rings. The Labute approximate surface area is 86.9 Å². The van der Waals surface area contributed by atoms with Gasteiger partial charge in [0.1, 0.15) is 0 Å². The van der Waals surface area contributed by atoms with Gasteiger partial charge in [0.05, 0.1) is 6.61 Å². The molecule has 0 aliphatic heterocycles. The van der Waals surface area contributed by atoms with Crippen LogP contribution in [0.5, 0.6) is 0 Å². The topological polar surface area (TPSA) is 23.5 Å². The average molecular weight is 195 g/mol. The van der Waals surface area contributed by atoms with Crippen LogP contribution in [0.1, 0.15) is 26.7 Å². The summed E-state index contributed by atoms with van der Waals surface area (Å²) >= 11 is 0. The van der Waals surface area contributed by atoms with Gasteiger partial charge in [-0.3, -0.25) is 0 Å². The largest absolute Gasteiger partial charge is 0.395 e. The first-order valence-corrected chi connectivity index (χ1v) is 5.52. The number of hydrogen-bond acceptors (Lipinski definition) is 2. The van der Waals surface area contributed by atoms with E-state index in [2.05, 4.69) is 37.0 Å². The van der Waals surface area contributed by atoms with Crippen molar-refractivity contribution in [3.05, 3.63) is 23.9 Å². The maximum absolute atomic E-state index is 8.95. The summed E-state index contributed by atoms with van der Waals surface area (Å²) in [4.78, 5) is 2.25. The van der Waals surface area contributed by atoms with Crippen molar-refractivity contribution in [3.8, 4) is 0 Å². The van der Waals surface area contributed by atoms with Gasteiger partial charge in [-0.15, -0.1) is 0 Å². The van der Waals surface area contributed by atoms with Gasteiger partial charge in [0.25, 0.3) is 0 Å². The monoisotopic (exact) mass is 195 g/mol. The van der Waals surface area contributed by atoms with Crippen molar-refractivity contribution in [1.29, 1.82) is 0 Å². The smallest absolute Gasteiger partial charge is 0.0606 e. The first-order chi connectivity index (χ1) is 6.77. The number of rotatable bonds is 5. The van der Waals surface area contributed by atoms with Crippen molar-refractivity contribution in [2.45, 2.75) is 26.7 Å². The lowest BCUT2D eigenvalue weighted by Gasteiger charge is -2.26. The van der Waals surface area contributed by atoms with Crippen LogP contribution in [0.15, 0.2) is 23.9 Å². The molecule has 0 amide bonds. The van der Waals surface area contributed by atoms with Crippen molar-refractivity contribution in [3.63, 3.8) is 0 Å². The minimum Gasteiger partial charge on any atom is -0.395 e. The summed E-state index contributed by atoms with van der Waals surface area (Å²) in [5.74, 6) is 0.663. The lowest BCUT2D eigenvalue weighted by Crippen LogP contribution is -2.27. The molecule has 14 heavy (non-hydrogen) atoms. The third-order valence-electron chi connectivity index (χ3n) is 2.52. The van der Waals surface area contributed by atoms with Crippen LogP contribution in [0.3, 0.4) is 0 Å². The Bertz CT molecular complexity index is 214. The summed E-state index contributed by atoms with van der Waals surface area (Å²) in [7, 11) is 0. The normalized spacial score (nSPS) is 20.8. The number of allylic oxidation sites excluding steroid dienone is 3. The fourth-order valence-corrected chi connectivity index (χ4v) is 1.71. The van der Waals surface area contributed by atoms with Gasteiger partial charge in [-0.05, 0) is 24.8 Å². The molecule has 1 atom stereocenters. The number of nitrogens with zero attached hydrogens (tertiary/aromatic N) is 1. The quantitative estimate of drug-likeness (QED) is 0.726. The standard InChI is InChI=1S/C12H21NO/c1-3-8-13(9-10-14)12-6-4-11(2)5-7-12/h4,6-7,11,14H,3,5,8-10H2,1-2H3. The molecule has 1 aliphatic carbocycles. The second-order valence-corrected chi connectivity index (χ2v) is 3.91. The van der Waals surface area contributed by atoms with Crippen LogP contribution in [0.4, 0.5) is 0 Å².